The third kappa shape index (κ3) is 6.19. The summed E-state index contributed by atoms with van der Waals surface area (Å²) < 4.78 is 27.3. The first-order valence-corrected chi connectivity index (χ1v) is 13.1. The first-order valence-electron chi connectivity index (χ1n) is 11.3. The molecule has 1 fully saturated rings. The lowest BCUT2D eigenvalue weighted by molar-refractivity contribution is 0.346. The van der Waals surface area contributed by atoms with Crippen LogP contribution in [0.15, 0.2) is 89.8 Å². The Balaban J connectivity index is 1.43. The average Bonchev–Trinajstić information content (AvgIpc) is 2.86. The molecule has 1 aliphatic heterocycles. The van der Waals surface area contributed by atoms with E-state index in [1.807, 2.05) is 36.4 Å². The SMILES string of the molecule is O=S(=O)(c1ccc(NC(=S)NC(Cc2ccccc2)c2ccccc2)cc1)N1CCCCC1. The van der Waals surface area contributed by atoms with Crippen molar-refractivity contribution in [2.45, 2.75) is 36.6 Å². The third-order valence-corrected chi connectivity index (χ3v) is 7.99. The van der Waals surface area contributed by atoms with Crippen molar-refractivity contribution in [2.75, 3.05) is 18.4 Å². The van der Waals surface area contributed by atoms with Crippen LogP contribution in [-0.4, -0.2) is 30.9 Å². The lowest BCUT2D eigenvalue weighted by atomic mass is 9.99. The van der Waals surface area contributed by atoms with Crippen molar-refractivity contribution < 1.29 is 8.42 Å². The van der Waals surface area contributed by atoms with E-state index in [4.69, 9.17) is 12.2 Å². The summed E-state index contributed by atoms with van der Waals surface area (Å²) >= 11 is 5.59. The summed E-state index contributed by atoms with van der Waals surface area (Å²) in [5.41, 5.74) is 3.11. The van der Waals surface area contributed by atoms with Crippen molar-refractivity contribution in [3.8, 4) is 0 Å². The zero-order valence-electron chi connectivity index (χ0n) is 18.5. The summed E-state index contributed by atoms with van der Waals surface area (Å²) in [5, 5.41) is 7.11. The van der Waals surface area contributed by atoms with Gasteiger partial charge in [-0.2, -0.15) is 4.31 Å². The van der Waals surface area contributed by atoms with Gasteiger partial charge in [0.05, 0.1) is 10.9 Å². The summed E-state index contributed by atoms with van der Waals surface area (Å²) in [6.45, 7) is 1.19. The fourth-order valence-corrected chi connectivity index (χ4v) is 5.85. The zero-order valence-corrected chi connectivity index (χ0v) is 20.1. The highest BCUT2D eigenvalue weighted by molar-refractivity contribution is 7.89. The fourth-order valence-electron chi connectivity index (χ4n) is 4.08. The number of thiocarbonyl (C=S) groups is 1. The molecule has 33 heavy (non-hydrogen) atoms. The molecule has 4 rings (SSSR count). The number of rotatable bonds is 7. The summed E-state index contributed by atoms with van der Waals surface area (Å²) in [5.74, 6) is 0. The molecule has 3 aromatic rings. The van der Waals surface area contributed by atoms with Gasteiger partial charge in [-0.05, 0) is 66.9 Å². The van der Waals surface area contributed by atoms with E-state index >= 15 is 0 Å². The van der Waals surface area contributed by atoms with Gasteiger partial charge in [-0.25, -0.2) is 8.42 Å². The van der Waals surface area contributed by atoms with Crippen molar-refractivity contribution in [2.24, 2.45) is 0 Å². The van der Waals surface area contributed by atoms with Crippen LogP contribution < -0.4 is 10.6 Å². The van der Waals surface area contributed by atoms with Gasteiger partial charge >= 0.3 is 0 Å². The van der Waals surface area contributed by atoms with Gasteiger partial charge in [0.1, 0.15) is 0 Å². The highest BCUT2D eigenvalue weighted by Crippen LogP contribution is 2.23. The average molecular weight is 480 g/mol. The number of piperidine rings is 1. The molecule has 1 heterocycles. The number of benzene rings is 3. The van der Waals surface area contributed by atoms with E-state index in [9.17, 15) is 8.42 Å². The first-order chi connectivity index (χ1) is 16.0. The number of hydrogen-bond donors (Lipinski definition) is 2. The first kappa shape index (κ1) is 23.4. The van der Waals surface area contributed by atoms with Crippen LogP contribution in [-0.2, 0) is 16.4 Å². The highest BCUT2D eigenvalue weighted by Gasteiger charge is 2.25. The Morgan fingerprint density at radius 1 is 0.848 bits per heavy atom. The summed E-state index contributed by atoms with van der Waals surface area (Å²) in [4.78, 5) is 0.320. The van der Waals surface area contributed by atoms with Gasteiger partial charge in [-0.3, -0.25) is 0 Å². The third-order valence-electron chi connectivity index (χ3n) is 5.85. The predicted octanol–water partition coefficient (Wildman–Crippen LogP) is 5.13. The zero-order chi connectivity index (χ0) is 23.1. The Morgan fingerprint density at radius 2 is 1.45 bits per heavy atom. The van der Waals surface area contributed by atoms with Gasteiger partial charge in [0.2, 0.25) is 10.0 Å². The van der Waals surface area contributed by atoms with Gasteiger partial charge in [-0.1, -0.05) is 67.1 Å². The van der Waals surface area contributed by atoms with E-state index < -0.39 is 10.0 Å². The molecule has 1 unspecified atom stereocenters. The van der Waals surface area contributed by atoms with Gasteiger partial charge < -0.3 is 10.6 Å². The normalized spacial score (nSPS) is 15.5. The summed E-state index contributed by atoms with van der Waals surface area (Å²) in [7, 11) is -3.44. The Kier molecular flexibility index (Phi) is 7.75. The van der Waals surface area contributed by atoms with Crippen LogP contribution in [0, 0.1) is 0 Å². The van der Waals surface area contributed by atoms with Crippen LogP contribution in [0.1, 0.15) is 36.4 Å². The lowest BCUT2D eigenvalue weighted by Gasteiger charge is -2.26. The summed E-state index contributed by atoms with van der Waals surface area (Å²) in [6, 6.07) is 27.3. The van der Waals surface area contributed by atoms with E-state index in [1.165, 1.54) is 5.56 Å². The second-order valence-corrected chi connectivity index (χ2v) is 10.6. The molecule has 0 aromatic heterocycles. The molecule has 0 saturated carbocycles. The number of nitrogens with one attached hydrogen (secondary N) is 2. The monoisotopic (exact) mass is 479 g/mol. The maximum Gasteiger partial charge on any atom is 0.243 e. The van der Waals surface area contributed by atoms with E-state index in [-0.39, 0.29) is 6.04 Å². The van der Waals surface area contributed by atoms with Crippen molar-refractivity contribution in [3.63, 3.8) is 0 Å². The van der Waals surface area contributed by atoms with E-state index in [2.05, 4.69) is 34.9 Å². The predicted molar refractivity (Wildman–Crippen MR) is 138 cm³/mol. The van der Waals surface area contributed by atoms with Gasteiger partial charge in [0.15, 0.2) is 5.11 Å². The van der Waals surface area contributed by atoms with E-state index in [1.54, 1.807) is 28.6 Å². The van der Waals surface area contributed by atoms with Crippen molar-refractivity contribution in [1.29, 1.82) is 0 Å². The van der Waals surface area contributed by atoms with E-state index in [0.29, 0.717) is 23.1 Å². The molecule has 172 valence electrons. The molecule has 0 aliphatic carbocycles. The Hall–Kier alpha value is -2.74. The lowest BCUT2D eigenvalue weighted by Crippen LogP contribution is -2.35. The molecule has 0 amide bonds. The molecule has 5 nitrogen and oxygen atoms in total. The Morgan fingerprint density at radius 3 is 2.09 bits per heavy atom. The van der Waals surface area contributed by atoms with Gasteiger partial charge in [0.25, 0.3) is 0 Å². The number of hydrogen-bond acceptors (Lipinski definition) is 3. The van der Waals surface area contributed by atoms with E-state index in [0.717, 1.165) is 36.9 Å². The highest BCUT2D eigenvalue weighted by atomic mass is 32.2. The van der Waals surface area contributed by atoms with Gasteiger partial charge in [-0.15, -0.1) is 0 Å². The molecule has 0 bridgehead atoms. The van der Waals surface area contributed by atoms with Gasteiger partial charge in [0, 0.05) is 18.8 Å². The second kappa shape index (κ2) is 10.9. The van der Waals surface area contributed by atoms with Crippen LogP contribution in [0.25, 0.3) is 0 Å². The number of anilines is 1. The summed E-state index contributed by atoms with van der Waals surface area (Å²) in [6.07, 6.45) is 3.72. The van der Waals surface area contributed by atoms with Crippen LogP contribution in [0.5, 0.6) is 0 Å². The number of sulfonamides is 1. The molecule has 2 N–H and O–H groups in total. The molecule has 3 aromatic carbocycles. The smallest absolute Gasteiger partial charge is 0.243 e. The number of nitrogens with zero attached hydrogens (tertiary/aromatic N) is 1. The minimum atomic E-state index is -3.44. The molecule has 0 radical (unpaired) electrons. The fraction of sp³-hybridized carbons (Fsp3) is 0.269. The maximum absolute atomic E-state index is 12.9. The minimum Gasteiger partial charge on any atom is -0.355 e. The second-order valence-electron chi connectivity index (χ2n) is 8.24. The molecular formula is C26H29N3O2S2. The standard InChI is InChI=1S/C26H29N3O2S2/c30-33(31,29-18-8-3-9-19-29)24-16-14-23(15-17-24)27-26(32)28-25(22-12-6-2-7-13-22)20-21-10-4-1-5-11-21/h1-2,4-7,10-17,25H,3,8-9,18-20H2,(H2,27,28,32). The topological polar surface area (TPSA) is 61.4 Å². The van der Waals surface area contributed by atoms with Crippen LogP contribution in [0.3, 0.4) is 0 Å². The van der Waals surface area contributed by atoms with Crippen molar-refractivity contribution in [3.05, 3.63) is 96.1 Å². The largest absolute Gasteiger partial charge is 0.355 e. The van der Waals surface area contributed by atoms with Crippen LogP contribution in [0.2, 0.25) is 0 Å². The maximum atomic E-state index is 12.9. The molecule has 1 atom stereocenters. The van der Waals surface area contributed by atoms with Crippen molar-refractivity contribution >= 4 is 33.0 Å². The van der Waals surface area contributed by atoms with Crippen LogP contribution in [0.4, 0.5) is 5.69 Å². The quantitative estimate of drug-likeness (QED) is 0.460. The Bertz CT molecular complexity index is 1150. The van der Waals surface area contributed by atoms with Crippen LogP contribution >= 0.6 is 12.2 Å². The molecule has 1 saturated heterocycles. The Labute approximate surface area is 201 Å². The molecule has 1 aliphatic rings. The minimum absolute atomic E-state index is 0.00681. The molecular weight excluding hydrogens is 450 g/mol. The molecule has 7 heteroatoms. The van der Waals surface area contributed by atoms with Crippen molar-refractivity contribution in [1.82, 2.24) is 9.62 Å². The molecule has 0 spiro atoms.